The maximum Gasteiger partial charge on any atom is 0.321 e. The van der Waals surface area contributed by atoms with E-state index in [1.807, 2.05) is 19.2 Å². The highest BCUT2D eigenvalue weighted by Crippen LogP contribution is 2.23. The second-order valence-corrected chi connectivity index (χ2v) is 6.99. The molecule has 1 aliphatic heterocycles. The van der Waals surface area contributed by atoms with Crippen molar-refractivity contribution in [1.82, 2.24) is 5.32 Å². The van der Waals surface area contributed by atoms with Crippen molar-refractivity contribution in [2.24, 2.45) is 5.41 Å². The van der Waals surface area contributed by atoms with E-state index < -0.39 is 0 Å². The molecule has 4 heteroatoms. The average Bonchev–Trinajstić information content (AvgIpc) is 2.97. The van der Waals surface area contributed by atoms with Gasteiger partial charge in [-0.1, -0.05) is 20.8 Å². The van der Waals surface area contributed by atoms with E-state index in [0.717, 1.165) is 18.8 Å². The van der Waals surface area contributed by atoms with Gasteiger partial charge < -0.3 is 10.2 Å². The standard InChI is InChI=1S/C17H27N3O/c1-17(2,3)13-18-16(21)19(4)14-7-9-15(10-8-14)20-11-5-6-12-20/h7-10H,5-6,11-13H2,1-4H3,(H,18,21). The molecule has 1 aromatic rings. The molecule has 2 amide bonds. The molecule has 0 saturated carbocycles. The molecule has 0 spiro atoms. The molecule has 0 unspecified atom stereocenters. The van der Waals surface area contributed by atoms with Crippen LogP contribution in [0.2, 0.25) is 0 Å². The van der Waals surface area contributed by atoms with Crippen LogP contribution < -0.4 is 15.1 Å². The summed E-state index contributed by atoms with van der Waals surface area (Å²) < 4.78 is 0. The van der Waals surface area contributed by atoms with Gasteiger partial charge in [0, 0.05) is 38.1 Å². The van der Waals surface area contributed by atoms with E-state index >= 15 is 0 Å². The Morgan fingerprint density at radius 1 is 1.19 bits per heavy atom. The number of nitrogens with zero attached hydrogens (tertiary/aromatic N) is 2. The molecule has 1 heterocycles. The van der Waals surface area contributed by atoms with Gasteiger partial charge in [-0.05, 0) is 42.5 Å². The molecular weight excluding hydrogens is 262 g/mol. The van der Waals surface area contributed by atoms with Crippen molar-refractivity contribution in [3.05, 3.63) is 24.3 Å². The van der Waals surface area contributed by atoms with Crippen LogP contribution in [0.1, 0.15) is 33.6 Å². The van der Waals surface area contributed by atoms with Crippen molar-refractivity contribution in [3.63, 3.8) is 0 Å². The fraction of sp³-hybridized carbons (Fsp3) is 0.588. The summed E-state index contributed by atoms with van der Waals surface area (Å²) in [7, 11) is 1.81. The highest BCUT2D eigenvalue weighted by atomic mass is 16.2. The van der Waals surface area contributed by atoms with Crippen molar-refractivity contribution < 1.29 is 4.79 Å². The normalized spacial score (nSPS) is 15.1. The number of amides is 2. The Morgan fingerprint density at radius 3 is 2.29 bits per heavy atom. The second kappa shape index (κ2) is 6.37. The number of carbonyl (C=O) groups excluding carboxylic acids is 1. The SMILES string of the molecule is CN(C(=O)NCC(C)(C)C)c1ccc(N2CCCC2)cc1. The lowest BCUT2D eigenvalue weighted by atomic mass is 9.97. The molecule has 0 atom stereocenters. The predicted octanol–water partition coefficient (Wildman–Crippen LogP) is 3.48. The lowest BCUT2D eigenvalue weighted by Crippen LogP contribution is -2.41. The van der Waals surface area contributed by atoms with E-state index in [1.54, 1.807) is 4.90 Å². The topological polar surface area (TPSA) is 35.6 Å². The van der Waals surface area contributed by atoms with Crippen molar-refractivity contribution in [2.75, 3.05) is 36.5 Å². The lowest BCUT2D eigenvalue weighted by molar-refractivity contribution is 0.242. The zero-order valence-corrected chi connectivity index (χ0v) is 13.6. The van der Waals surface area contributed by atoms with E-state index in [4.69, 9.17) is 0 Å². The van der Waals surface area contributed by atoms with Crippen LogP contribution in [-0.2, 0) is 0 Å². The minimum atomic E-state index is -0.0566. The first-order chi connectivity index (χ1) is 9.87. The number of benzene rings is 1. The number of urea groups is 1. The first-order valence-electron chi connectivity index (χ1n) is 7.73. The van der Waals surface area contributed by atoms with Crippen molar-refractivity contribution >= 4 is 17.4 Å². The largest absolute Gasteiger partial charge is 0.372 e. The van der Waals surface area contributed by atoms with E-state index in [-0.39, 0.29) is 11.4 Å². The van der Waals surface area contributed by atoms with Gasteiger partial charge in [-0.2, -0.15) is 0 Å². The van der Waals surface area contributed by atoms with Crippen LogP contribution in [-0.4, -0.2) is 32.7 Å². The molecule has 1 aromatic carbocycles. The molecule has 21 heavy (non-hydrogen) atoms. The summed E-state index contributed by atoms with van der Waals surface area (Å²) in [5.41, 5.74) is 2.26. The Kier molecular flexibility index (Phi) is 4.76. The predicted molar refractivity (Wildman–Crippen MR) is 89.1 cm³/mol. The van der Waals surface area contributed by atoms with Crippen LogP contribution in [0.4, 0.5) is 16.2 Å². The summed E-state index contributed by atoms with van der Waals surface area (Å²) >= 11 is 0. The molecule has 1 fully saturated rings. The Bertz CT molecular complexity index is 470. The van der Waals surface area contributed by atoms with E-state index in [9.17, 15) is 4.79 Å². The first kappa shape index (κ1) is 15.7. The van der Waals surface area contributed by atoms with E-state index in [1.165, 1.54) is 18.5 Å². The summed E-state index contributed by atoms with van der Waals surface area (Å²) in [6.07, 6.45) is 2.55. The fourth-order valence-corrected chi connectivity index (χ4v) is 2.44. The maximum atomic E-state index is 12.1. The number of carbonyl (C=O) groups is 1. The van der Waals surface area contributed by atoms with Gasteiger partial charge in [-0.3, -0.25) is 4.90 Å². The molecule has 0 radical (unpaired) electrons. The highest BCUT2D eigenvalue weighted by molar-refractivity contribution is 5.91. The molecule has 2 rings (SSSR count). The Morgan fingerprint density at radius 2 is 1.76 bits per heavy atom. The van der Waals surface area contributed by atoms with Gasteiger partial charge in [-0.15, -0.1) is 0 Å². The van der Waals surface area contributed by atoms with Crippen molar-refractivity contribution in [1.29, 1.82) is 0 Å². The van der Waals surface area contributed by atoms with E-state index in [2.05, 4.69) is 43.1 Å². The quantitative estimate of drug-likeness (QED) is 0.924. The van der Waals surface area contributed by atoms with Crippen LogP contribution in [0.15, 0.2) is 24.3 Å². The summed E-state index contributed by atoms with van der Waals surface area (Å²) in [6.45, 7) is 9.28. The summed E-state index contributed by atoms with van der Waals surface area (Å²) in [4.78, 5) is 16.2. The van der Waals surface area contributed by atoms with Gasteiger partial charge in [0.2, 0.25) is 0 Å². The van der Waals surface area contributed by atoms with Gasteiger partial charge in [0.15, 0.2) is 0 Å². The zero-order valence-electron chi connectivity index (χ0n) is 13.6. The molecular formula is C17H27N3O. The molecule has 1 saturated heterocycles. The molecule has 1 aliphatic rings. The van der Waals surface area contributed by atoms with Crippen LogP contribution >= 0.6 is 0 Å². The Balaban J connectivity index is 1.95. The molecule has 116 valence electrons. The minimum Gasteiger partial charge on any atom is -0.372 e. The second-order valence-electron chi connectivity index (χ2n) is 6.99. The number of hydrogen-bond donors (Lipinski definition) is 1. The number of rotatable bonds is 3. The Labute approximate surface area is 128 Å². The van der Waals surface area contributed by atoms with Crippen LogP contribution in [0.3, 0.4) is 0 Å². The third-order valence-electron chi connectivity index (χ3n) is 3.78. The van der Waals surface area contributed by atoms with Gasteiger partial charge in [-0.25, -0.2) is 4.79 Å². The van der Waals surface area contributed by atoms with Gasteiger partial charge in [0.05, 0.1) is 0 Å². The zero-order chi connectivity index (χ0) is 15.5. The van der Waals surface area contributed by atoms with Crippen molar-refractivity contribution in [2.45, 2.75) is 33.6 Å². The van der Waals surface area contributed by atoms with Crippen LogP contribution in [0.25, 0.3) is 0 Å². The molecule has 0 bridgehead atoms. The van der Waals surface area contributed by atoms with Gasteiger partial charge in [0.25, 0.3) is 0 Å². The molecule has 0 aliphatic carbocycles. The van der Waals surface area contributed by atoms with Crippen molar-refractivity contribution in [3.8, 4) is 0 Å². The lowest BCUT2D eigenvalue weighted by Gasteiger charge is -2.24. The number of anilines is 2. The van der Waals surface area contributed by atoms with Gasteiger partial charge in [0.1, 0.15) is 0 Å². The van der Waals surface area contributed by atoms with Crippen LogP contribution in [0.5, 0.6) is 0 Å². The first-order valence-corrected chi connectivity index (χ1v) is 7.73. The minimum absolute atomic E-state index is 0.0566. The summed E-state index contributed by atoms with van der Waals surface area (Å²) in [5.74, 6) is 0. The molecule has 4 nitrogen and oxygen atoms in total. The van der Waals surface area contributed by atoms with Crippen LogP contribution in [0, 0.1) is 5.41 Å². The molecule has 0 aromatic heterocycles. The highest BCUT2D eigenvalue weighted by Gasteiger charge is 2.16. The maximum absolute atomic E-state index is 12.1. The number of nitrogens with one attached hydrogen (secondary N) is 1. The summed E-state index contributed by atoms with van der Waals surface area (Å²) in [6, 6.07) is 8.19. The smallest absolute Gasteiger partial charge is 0.321 e. The molecule has 1 N–H and O–H groups in total. The summed E-state index contributed by atoms with van der Waals surface area (Å²) in [5, 5.41) is 2.97. The third kappa shape index (κ3) is 4.38. The van der Waals surface area contributed by atoms with E-state index in [0.29, 0.717) is 6.54 Å². The number of hydrogen-bond acceptors (Lipinski definition) is 2. The fourth-order valence-electron chi connectivity index (χ4n) is 2.44. The third-order valence-corrected chi connectivity index (χ3v) is 3.78. The Hall–Kier alpha value is -1.71. The van der Waals surface area contributed by atoms with Gasteiger partial charge >= 0.3 is 6.03 Å². The average molecular weight is 289 g/mol. The monoisotopic (exact) mass is 289 g/mol.